The van der Waals surface area contributed by atoms with E-state index < -0.39 is 0 Å². The minimum Gasteiger partial charge on any atom is -0.457 e. The van der Waals surface area contributed by atoms with Gasteiger partial charge in [0.15, 0.2) is 0 Å². The van der Waals surface area contributed by atoms with E-state index in [1.54, 1.807) is 0 Å². The van der Waals surface area contributed by atoms with Crippen LogP contribution in [0.2, 0.25) is 0 Å². The smallest absolute Gasteiger partial charge is 0.128 e. The normalized spacial score (nSPS) is 12.3. The molecule has 0 spiro atoms. The van der Waals surface area contributed by atoms with E-state index in [1.165, 1.54) is 16.3 Å². The molecule has 1 atom stereocenters. The Morgan fingerprint density at radius 1 is 0.810 bits per heavy atom. The van der Waals surface area contributed by atoms with Gasteiger partial charge in [-0.25, -0.2) is 0 Å². The van der Waals surface area contributed by atoms with E-state index in [9.17, 15) is 0 Å². The number of rotatable bonds is 4. The summed E-state index contributed by atoms with van der Waals surface area (Å²) < 4.78 is 5.99. The monoisotopic (exact) mass is 277 g/mol. The molecule has 0 heterocycles. The molecule has 0 fully saturated rings. The quantitative estimate of drug-likeness (QED) is 0.731. The first kappa shape index (κ1) is 13.7. The third kappa shape index (κ3) is 3.06. The van der Waals surface area contributed by atoms with Gasteiger partial charge in [-0.1, -0.05) is 42.5 Å². The molecule has 2 nitrogen and oxygen atoms in total. The molecule has 0 saturated heterocycles. The van der Waals surface area contributed by atoms with Crippen molar-refractivity contribution >= 4 is 10.8 Å². The van der Waals surface area contributed by atoms with Crippen molar-refractivity contribution in [3.63, 3.8) is 0 Å². The number of nitrogens with one attached hydrogen (secondary N) is 1. The molecular formula is C19H19NO. The highest BCUT2D eigenvalue weighted by Crippen LogP contribution is 2.27. The van der Waals surface area contributed by atoms with E-state index in [0.29, 0.717) is 6.04 Å². The molecule has 0 radical (unpaired) electrons. The zero-order valence-corrected chi connectivity index (χ0v) is 12.3. The van der Waals surface area contributed by atoms with E-state index >= 15 is 0 Å². The van der Waals surface area contributed by atoms with Crippen molar-refractivity contribution in [1.29, 1.82) is 0 Å². The summed E-state index contributed by atoms with van der Waals surface area (Å²) in [5.41, 5.74) is 1.22. The van der Waals surface area contributed by atoms with Crippen LogP contribution in [0.3, 0.4) is 0 Å². The fraction of sp³-hybridized carbons (Fsp3) is 0.158. The Labute approximate surface area is 125 Å². The van der Waals surface area contributed by atoms with Crippen LogP contribution in [0.15, 0.2) is 66.7 Å². The third-order valence-corrected chi connectivity index (χ3v) is 3.75. The van der Waals surface area contributed by atoms with E-state index in [-0.39, 0.29) is 0 Å². The van der Waals surface area contributed by atoms with Gasteiger partial charge in [0.1, 0.15) is 11.5 Å². The van der Waals surface area contributed by atoms with Gasteiger partial charge in [-0.05, 0) is 54.6 Å². The van der Waals surface area contributed by atoms with Crippen LogP contribution in [0.5, 0.6) is 11.5 Å². The minimum atomic E-state index is 0.310. The van der Waals surface area contributed by atoms with Crippen LogP contribution in [0.1, 0.15) is 18.5 Å². The van der Waals surface area contributed by atoms with Gasteiger partial charge in [-0.15, -0.1) is 0 Å². The maximum absolute atomic E-state index is 5.99. The average molecular weight is 277 g/mol. The van der Waals surface area contributed by atoms with Crippen LogP contribution in [-0.4, -0.2) is 7.05 Å². The van der Waals surface area contributed by atoms with Crippen LogP contribution in [0.25, 0.3) is 10.8 Å². The van der Waals surface area contributed by atoms with E-state index in [0.717, 1.165) is 11.5 Å². The molecule has 2 heteroatoms. The van der Waals surface area contributed by atoms with Gasteiger partial charge < -0.3 is 10.1 Å². The summed E-state index contributed by atoms with van der Waals surface area (Å²) in [6, 6.07) is 23.0. The van der Waals surface area contributed by atoms with Crippen molar-refractivity contribution in [3.8, 4) is 11.5 Å². The highest BCUT2D eigenvalue weighted by molar-refractivity contribution is 5.83. The minimum absolute atomic E-state index is 0.310. The Balaban J connectivity index is 1.87. The third-order valence-electron chi connectivity index (χ3n) is 3.75. The lowest BCUT2D eigenvalue weighted by Gasteiger charge is -2.13. The van der Waals surface area contributed by atoms with Crippen LogP contribution >= 0.6 is 0 Å². The molecule has 3 rings (SSSR count). The molecule has 0 aliphatic heterocycles. The molecule has 3 aromatic carbocycles. The van der Waals surface area contributed by atoms with Gasteiger partial charge in [-0.2, -0.15) is 0 Å². The van der Waals surface area contributed by atoms with Crippen molar-refractivity contribution in [2.75, 3.05) is 7.05 Å². The molecule has 0 saturated carbocycles. The SMILES string of the molecule is CNC(C)c1cccc(Oc2ccc3ccccc3c2)c1. The van der Waals surface area contributed by atoms with Crippen LogP contribution in [0.4, 0.5) is 0 Å². The van der Waals surface area contributed by atoms with E-state index in [4.69, 9.17) is 4.74 Å². The topological polar surface area (TPSA) is 21.3 Å². The van der Waals surface area contributed by atoms with E-state index in [2.05, 4.69) is 48.6 Å². The van der Waals surface area contributed by atoms with Crippen molar-refractivity contribution in [3.05, 3.63) is 72.3 Å². The van der Waals surface area contributed by atoms with Gasteiger partial charge in [0.05, 0.1) is 0 Å². The Hall–Kier alpha value is -2.32. The first-order valence-corrected chi connectivity index (χ1v) is 7.20. The lowest BCUT2D eigenvalue weighted by atomic mass is 10.1. The summed E-state index contributed by atoms with van der Waals surface area (Å²) in [5, 5.41) is 5.65. The highest BCUT2D eigenvalue weighted by Gasteiger charge is 2.05. The molecular weight excluding hydrogens is 258 g/mol. The first-order valence-electron chi connectivity index (χ1n) is 7.20. The van der Waals surface area contributed by atoms with Crippen molar-refractivity contribution in [1.82, 2.24) is 5.32 Å². The summed E-state index contributed by atoms with van der Waals surface area (Å²) >= 11 is 0. The Bertz CT molecular complexity index is 751. The van der Waals surface area contributed by atoms with Gasteiger partial charge in [0.25, 0.3) is 0 Å². The van der Waals surface area contributed by atoms with Crippen molar-refractivity contribution < 1.29 is 4.74 Å². The molecule has 0 bridgehead atoms. The number of hydrogen-bond acceptors (Lipinski definition) is 2. The second-order valence-corrected chi connectivity index (χ2v) is 5.19. The molecule has 0 aliphatic rings. The first-order chi connectivity index (χ1) is 10.3. The molecule has 0 amide bonds. The fourth-order valence-corrected chi connectivity index (χ4v) is 2.38. The maximum Gasteiger partial charge on any atom is 0.128 e. The zero-order chi connectivity index (χ0) is 14.7. The van der Waals surface area contributed by atoms with E-state index in [1.807, 2.05) is 37.4 Å². The predicted octanol–water partition coefficient (Wildman–Crippen LogP) is 4.91. The van der Waals surface area contributed by atoms with Gasteiger partial charge in [0.2, 0.25) is 0 Å². The molecule has 0 aromatic heterocycles. The lowest BCUT2D eigenvalue weighted by molar-refractivity contribution is 0.481. The summed E-state index contributed by atoms with van der Waals surface area (Å²) in [5.74, 6) is 1.73. The Morgan fingerprint density at radius 2 is 1.57 bits per heavy atom. The average Bonchev–Trinajstić information content (AvgIpc) is 2.54. The fourth-order valence-electron chi connectivity index (χ4n) is 2.38. The zero-order valence-electron chi connectivity index (χ0n) is 12.3. The van der Waals surface area contributed by atoms with Crippen molar-refractivity contribution in [2.45, 2.75) is 13.0 Å². The van der Waals surface area contributed by atoms with Crippen LogP contribution < -0.4 is 10.1 Å². The Kier molecular flexibility index (Phi) is 3.89. The number of benzene rings is 3. The van der Waals surface area contributed by atoms with Crippen LogP contribution in [0, 0.1) is 0 Å². The second-order valence-electron chi connectivity index (χ2n) is 5.19. The number of fused-ring (bicyclic) bond motifs is 1. The van der Waals surface area contributed by atoms with Gasteiger partial charge in [-0.3, -0.25) is 0 Å². The standard InChI is InChI=1S/C19H19NO/c1-14(20-2)16-8-5-9-18(12-16)21-19-11-10-15-6-3-4-7-17(15)13-19/h3-14,20H,1-2H3. The maximum atomic E-state index is 5.99. The number of hydrogen-bond donors (Lipinski definition) is 1. The largest absolute Gasteiger partial charge is 0.457 e. The molecule has 1 unspecified atom stereocenters. The summed E-state index contributed by atoms with van der Waals surface area (Å²) in [4.78, 5) is 0. The second kappa shape index (κ2) is 5.98. The summed E-state index contributed by atoms with van der Waals surface area (Å²) in [6.45, 7) is 2.13. The Morgan fingerprint density at radius 3 is 2.38 bits per heavy atom. The highest BCUT2D eigenvalue weighted by atomic mass is 16.5. The van der Waals surface area contributed by atoms with Crippen molar-refractivity contribution in [2.24, 2.45) is 0 Å². The molecule has 0 aliphatic carbocycles. The number of ether oxygens (including phenoxy) is 1. The van der Waals surface area contributed by atoms with Crippen LogP contribution in [-0.2, 0) is 0 Å². The summed E-state index contributed by atoms with van der Waals surface area (Å²) in [6.07, 6.45) is 0. The predicted molar refractivity (Wildman–Crippen MR) is 87.9 cm³/mol. The molecule has 1 N–H and O–H groups in total. The molecule has 21 heavy (non-hydrogen) atoms. The van der Waals surface area contributed by atoms with Gasteiger partial charge >= 0.3 is 0 Å². The van der Waals surface area contributed by atoms with Gasteiger partial charge in [0, 0.05) is 6.04 Å². The molecule has 106 valence electrons. The lowest BCUT2D eigenvalue weighted by Crippen LogP contribution is -2.11. The molecule has 3 aromatic rings. The summed E-state index contributed by atoms with van der Waals surface area (Å²) in [7, 11) is 1.96.